The van der Waals surface area contributed by atoms with Gasteiger partial charge in [-0.25, -0.2) is 14.6 Å². The topological polar surface area (TPSA) is 67.2 Å². The highest BCUT2D eigenvalue weighted by atomic mass is 16.2. The molecule has 0 radical (unpaired) electrons. The molecule has 7 nitrogen and oxygen atoms in total. The van der Waals surface area contributed by atoms with Crippen molar-refractivity contribution in [1.29, 1.82) is 0 Å². The third kappa shape index (κ3) is 3.28. The zero-order valence-electron chi connectivity index (χ0n) is 15.5. The van der Waals surface area contributed by atoms with Gasteiger partial charge in [0, 0.05) is 38.1 Å². The van der Waals surface area contributed by atoms with Crippen LogP contribution in [0.5, 0.6) is 0 Å². The summed E-state index contributed by atoms with van der Waals surface area (Å²) in [5, 5.41) is 4.11. The van der Waals surface area contributed by atoms with Crippen LogP contribution in [0.1, 0.15) is 21.5 Å². The summed E-state index contributed by atoms with van der Waals surface area (Å²) in [5.41, 5.74) is 4.40. The number of hydrogen-bond acceptors (Lipinski definition) is 5. The number of piperazine rings is 1. The molecule has 3 heterocycles. The molecule has 0 spiro atoms. The third-order valence-corrected chi connectivity index (χ3v) is 5.14. The van der Waals surface area contributed by atoms with Crippen LogP contribution < -0.4 is 4.90 Å². The largest absolute Gasteiger partial charge is 0.368 e. The molecule has 0 aliphatic carbocycles. The van der Waals surface area contributed by atoms with Crippen LogP contribution in [0.25, 0.3) is 5.82 Å². The molecule has 0 N–H and O–H groups in total. The van der Waals surface area contributed by atoms with E-state index in [1.165, 1.54) is 27.8 Å². The van der Waals surface area contributed by atoms with Gasteiger partial charge in [-0.1, -0.05) is 12.1 Å². The summed E-state index contributed by atoms with van der Waals surface area (Å²) < 4.78 is 1.53. The molecular formula is C20H22N6O. The lowest BCUT2D eigenvalue weighted by Gasteiger charge is -2.37. The minimum Gasteiger partial charge on any atom is -0.368 e. The molecule has 1 saturated heterocycles. The average molecular weight is 362 g/mol. The highest BCUT2D eigenvalue weighted by molar-refractivity contribution is 5.97. The predicted octanol–water partition coefficient (Wildman–Crippen LogP) is 2.24. The Hall–Kier alpha value is -3.22. The van der Waals surface area contributed by atoms with Crippen LogP contribution >= 0.6 is 0 Å². The minimum absolute atomic E-state index is 0.0192. The van der Waals surface area contributed by atoms with Crippen molar-refractivity contribution in [2.45, 2.75) is 13.8 Å². The Morgan fingerprint density at radius 3 is 2.59 bits per heavy atom. The van der Waals surface area contributed by atoms with Gasteiger partial charge in [-0.2, -0.15) is 5.10 Å². The molecule has 1 aromatic carbocycles. The van der Waals surface area contributed by atoms with Crippen molar-refractivity contribution in [1.82, 2.24) is 24.6 Å². The number of nitrogens with zero attached hydrogens (tertiary/aromatic N) is 6. The molecule has 4 rings (SSSR count). The first-order valence-corrected chi connectivity index (χ1v) is 9.05. The number of aromatic nitrogens is 4. The SMILES string of the molecule is Cc1cccc(N2CCN(C(=O)c3cccnc3-n3cncn3)CC2)c1C. The summed E-state index contributed by atoms with van der Waals surface area (Å²) in [6.07, 6.45) is 4.65. The minimum atomic E-state index is -0.0192. The highest BCUT2D eigenvalue weighted by Gasteiger charge is 2.25. The van der Waals surface area contributed by atoms with Gasteiger partial charge < -0.3 is 9.80 Å². The predicted molar refractivity (Wildman–Crippen MR) is 103 cm³/mol. The molecule has 1 fully saturated rings. The molecule has 0 unspecified atom stereocenters. The number of hydrogen-bond donors (Lipinski definition) is 0. The van der Waals surface area contributed by atoms with Crippen molar-refractivity contribution in [3.05, 3.63) is 65.9 Å². The normalized spacial score (nSPS) is 14.4. The molecular weight excluding hydrogens is 340 g/mol. The van der Waals surface area contributed by atoms with E-state index in [-0.39, 0.29) is 5.91 Å². The van der Waals surface area contributed by atoms with E-state index in [4.69, 9.17) is 0 Å². The molecule has 7 heteroatoms. The first-order chi connectivity index (χ1) is 13.1. The van der Waals surface area contributed by atoms with Crippen molar-refractivity contribution in [3.63, 3.8) is 0 Å². The Bertz CT molecular complexity index is 945. The quantitative estimate of drug-likeness (QED) is 0.715. The number of pyridine rings is 1. The van der Waals surface area contributed by atoms with Gasteiger partial charge in [-0.05, 0) is 43.2 Å². The van der Waals surface area contributed by atoms with Crippen molar-refractivity contribution >= 4 is 11.6 Å². The van der Waals surface area contributed by atoms with E-state index in [1.807, 2.05) is 4.90 Å². The molecule has 138 valence electrons. The van der Waals surface area contributed by atoms with Gasteiger partial charge in [-0.15, -0.1) is 0 Å². The van der Waals surface area contributed by atoms with Crippen LogP contribution in [0.3, 0.4) is 0 Å². The Kier molecular flexibility index (Phi) is 4.58. The summed E-state index contributed by atoms with van der Waals surface area (Å²) >= 11 is 0. The highest BCUT2D eigenvalue weighted by Crippen LogP contribution is 2.24. The number of benzene rings is 1. The fourth-order valence-corrected chi connectivity index (χ4v) is 3.46. The Labute approximate surface area is 158 Å². The molecule has 27 heavy (non-hydrogen) atoms. The molecule has 0 atom stereocenters. The fraction of sp³-hybridized carbons (Fsp3) is 0.300. The van der Waals surface area contributed by atoms with Crippen molar-refractivity contribution < 1.29 is 4.79 Å². The van der Waals surface area contributed by atoms with Crippen LogP contribution in [-0.4, -0.2) is 56.7 Å². The first kappa shape index (κ1) is 17.2. The van der Waals surface area contributed by atoms with E-state index >= 15 is 0 Å². The smallest absolute Gasteiger partial charge is 0.257 e. The zero-order chi connectivity index (χ0) is 18.8. The number of amides is 1. The van der Waals surface area contributed by atoms with Crippen LogP contribution in [0, 0.1) is 13.8 Å². The molecule has 3 aromatic rings. The maximum absolute atomic E-state index is 13.1. The number of anilines is 1. The van der Waals surface area contributed by atoms with Crippen molar-refractivity contribution in [2.75, 3.05) is 31.1 Å². The number of carbonyl (C=O) groups excluding carboxylic acids is 1. The first-order valence-electron chi connectivity index (χ1n) is 9.05. The lowest BCUT2D eigenvalue weighted by molar-refractivity contribution is 0.0746. The summed E-state index contributed by atoms with van der Waals surface area (Å²) in [6.45, 7) is 7.27. The molecule has 2 aromatic heterocycles. The van der Waals surface area contributed by atoms with E-state index < -0.39 is 0 Å². The van der Waals surface area contributed by atoms with Crippen LogP contribution in [0.15, 0.2) is 49.2 Å². The molecule has 1 aliphatic heterocycles. The second kappa shape index (κ2) is 7.19. The second-order valence-corrected chi connectivity index (χ2v) is 6.71. The molecule has 0 saturated carbocycles. The van der Waals surface area contributed by atoms with Gasteiger partial charge in [0.2, 0.25) is 0 Å². The van der Waals surface area contributed by atoms with Crippen molar-refractivity contribution in [2.24, 2.45) is 0 Å². The van der Waals surface area contributed by atoms with Gasteiger partial charge >= 0.3 is 0 Å². The number of aryl methyl sites for hydroxylation is 1. The van der Waals surface area contributed by atoms with Gasteiger partial charge in [-0.3, -0.25) is 4.79 Å². The lowest BCUT2D eigenvalue weighted by atomic mass is 10.1. The van der Waals surface area contributed by atoms with E-state index in [2.05, 4.69) is 52.0 Å². The Morgan fingerprint density at radius 2 is 1.85 bits per heavy atom. The standard InChI is InChI=1S/C20H22N6O/c1-15-5-3-7-18(16(15)2)24-9-11-25(12-10-24)20(27)17-6-4-8-22-19(17)26-14-21-13-23-26/h3-8,13-14H,9-12H2,1-2H3. The maximum Gasteiger partial charge on any atom is 0.257 e. The molecule has 0 bridgehead atoms. The number of rotatable bonds is 3. The van der Waals surface area contributed by atoms with Crippen molar-refractivity contribution in [3.8, 4) is 5.82 Å². The Morgan fingerprint density at radius 1 is 1.04 bits per heavy atom. The second-order valence-electron chi connectivity index (χ2n) is 6.71. The lowest BCUT2D eigenvalue weighted by Crippen LogP contribution is -2.49. The van der Waals surface area contributed by atoms with E-state index in [0.717, 1.165) is 13.1 Å². The van der Waals surface area contributed by atoms with E-state index in [0.29, 0.717) is 24.5 Å². The average Bonchev–Trinajstić information content (AvgIpc) is 3.24. The van der Waals surface area contributed by atoms with Crippen LogP contribution in [-0.2, 0) is 0 Å². The summed E-state index contributed by atoms with van der Waals surface area (Å²) in [6, 6.07) is 9.95. The molecule has 1 aliphatic rings. The third-order valence-electron chi connectivity index (χ3n) is 5.14. The summed E-state index contributed by atoms with van der Waals surface area (Å²) in [7, 11) is 0. The maximum atomic E-state index is 13.1. The van der Waals surface area contributed by atoms with Crippen LogP contribution in [0.4, 0.5) is 5.69 Å². The van der Waals surface area contributed by atoms with Gasteiger partial charge in [0.05, 0.1) is 5.56 Å². The van der Waals surface area contributed by atoms with Gasteiger partial charge in [0.25, 0.3) is 5.91 Å². The van der Waals surface area contributed by atoms with Gasteiger partial charge in [0.1, 0.15) is 12.7 Å². The zero-order valence-corrected chi connectivity index (χ0v) is 15.5. The fourth-order valence-electron chi connectivity index (χ4n) is 3.46. The Balaban J connectivity index is 1.51. The van der Waals surface area contributed by atoms with Gasteiger partial charge in [0.15, 0.2) is 5.82 Å². The molecule has 1 amide bonds. The summed E-state index contributed by atoms with van der Waals surface area (Å²) in [4.78, 5) is 25.6. The van der Waals surface area contributed by atoms with E-state index in [9.17, 15) is 4.79 Å². The monoisotopic (exact) mass is 362 g/mol. The van der Waals surface area contributed by atoms with Crippen LogP contribution in [0.2, 0.25) is 0 Å². The van der Waals surface area contributed by atoms with E-state index in [1.54, 1.807) is 24.7 Å². The summed E-state index contributed by atoms with van der Waals surface area (Å²) in [5.74, 6) is 0.492. The number of carbonyl (C=O) groups is 1.